The molecule has 0 radical (unpaired) electrons. The van der Waals surface area contributed by atoms with Crippen molar-refractivity contribution in [1.29, 1.82) is 0 Å². The fourth-order valence-corrected chi connectivity index (χ4v) is 7.49. The second-order valence-corrected chi connectivity index (χ2v) is 11.5. The number of benzene rings is 2. The van der Waals surface area contributed by atoms with E-state index in [1.807, 2.05) is 12.1 Å². The molecule has 11 heteroatoms. The average molecular weight is 608 g/mol. The molecule has 0 amide bonds. The highest BCUT2D eigenvalue weighted by atomic mass is 16.6. The molecule has 1 aromatic heterocycles. The van der Waals surface area contributed by atoms with Crippen LogP contribution in [0, 0.1) is 17.8 Å². The number of ether oxygens (including phenoxy) is 7. The molecule has 234 valence electrons. The predicted molar refractivity (Wildman–Crippen MR) is 160 cm³/mol. The normalized spacial score (nSPS) is 24.1. The zero-order valence-corrected chi connectivity index (χ0v) is 25.9. The largest absolute Gasteiger partial charge is 0.497 e. The van der Waals surface area contributed by atoms with E-state index in [2.05, 4.69) is 15.6 Å². The summed E-state index contributed by atoms with van der Waals surface area (Å²) in [6.45, 7) is 1.61. The molecular weight excluding hydrogens is 568 g/mol. The number of carbonyl (C=O) groups is 2. The Morgan fingerprint density at radius 3 is 2.32 bits per heavy atom. The molecule has 1 aliphatic carbocycles. The van der Waals surface area contributed by atoms with Crippen LogP contribution in [-0.4, -0.2) is 95.2 Å². The molecule has 2 aliphatic heterocycles. The Labute approximate surface area is 256 Å². The van der Waals surface area contributed by atoms with E-state index in [0.717, 1.165) is 36.5 Å². The van der Waals surface area contributed by atoms with Crippen molar-refractivity contribution in [1.82, 2.24) is 4.98 Å². The summed E-state index contributed by atoms with van der Waals surface area (Å²) in [7, 11) is 9.08. The smallest absolute Gasteiger partial charge is 0.338 e. The van der Waals surface area contributed by atoms with Crippen LogP contribution in [0.1, 0.15) is 34.5 Å². The van der Waals surface area contributed by atoms with Crippen LogP contribution in [0.15, 0.2) is 30.3 Å². The third kappa shape index (κ3) is 4.92. The van der Waals surface area contributed by atoms with Crippen LogP contribution >= 0.6 is 0 Å². The van der Waals surface area contributed by atoms with Crippen LogP contribution in [0.3, 0.4) is 0 Å². The highest BCUT2D eigenvalue weighted by molar-refractivity contribution is 6.04. The van der Waals surface area contributed by atoms with Crippen molar-refractivity contribution in [2.75, 3.05) is 55.7 Å². The lowest BCUT2D eigenvalue weighted by Gasteiger charge is -2.45. The third-order valence-electron chi connectivity index (χ3n) is 9.53. The minimum absolute atomic E-state index is 0.0540. The van der Waals surface area contributed by atoms with Gasteiger partial charge in [-0.25, -0.2) is 9.37 Å². The van der Waals surface area contributed by atoms with Gasteiger partial charge in [0.1, 0.15) is 36.7 Å². The summed E-state index contributed by atoms with van der Waals surface area (Å²) in [6.07, 6.45) is 0.780. The Kier molecular flexibility index (Phi) is 8.15. The van der Waals surface area contributed by atoms with Gasteiger partial charge in [0.25, 0.3) is 0 Å². The highest BCUT2D eigenvalue weighted by Gasteiger charge is 2.55. The first-order chi connectivity index (χ1) is 21.3. The highest BCUT2D eigenvalue weighted by Crippen LogP contribution is 2.45. The number of esters is 2. The van der Waals surface area contributed by atoms with Crippen molar-refractivity contribution >= 4 is 28.6 Å². The summed E-state index contributed by atoms with van der Waals surface area (Å²) in [5.41, 5.74) is 4.88. The van der Waals surface area contributed by atoms with Crippen LogP contribution < -0.4 is 18.9 Å². The van der Waals surface area contributed by atoms with Gasteiger partial charge < -0.3 is 38.1 Å². The number of nitrogens with one attached hydrogen (secondary N) is 1. The molecule has 5 atom stereocenters. The number of aromatic amines is 1. The number of aromatic nitrogens is 1. The Morgan fingerprint density at radius 2 is 1.68 bits per heavy atom. The maximum absolute atomic E-state index is 13.5. The molecule has 1 fully saturated rings. The molecule has 3 aromatic rings. The number of carbonyl (C=O) groups excluding carboxylic acids is 2. The molecule has 2 aromatic carbocycles. The van der Waals surface area contributed by atoms with E-state index in [9.17, 15) is 9.59 Å². The number of H-pyrrole nitrogens is 1. The summed E-state index contributed by atoms with van der Waals surface area (Å²) >= 11 is 0. The summed E-state index contributed by atoms with van der Waals surface area (Å²) < 4.78 is 41.5. The van der Waals surface area contributed by atoms with Crippen LogP contribution in [0.4, 0.5) is 0 Å². The first-order valence-corrected chi connectivity index (χ1v) is 14.8. The lowest BCUT2D eigenvalue weighted by atomic mass is 9.65. The molecular formula is C33H39N2O9+. The Morgan fingerprint density at radius 1 is 0.932 bits per heavy atom. The minimum atomic E-state index is -0.683. The zero-order valence-electron chi connectivity index (χ0n) is 25.9. The van der Waals surface area contributed by atoms with Gasteiger partial charge in [-0.05, 0) is 42.2 Å². The summed E-state index contributed by atoms with van der Waals surface area (Å²) in [4.78, 5) is 30.6. The van der Waals surface area contributed by atoms with Crippen LogP contribution in [0.2, 0.25) is 0 Å². The number of methoxy groups -OCH3 is 6. The van der Waals surface area contributed by atoms with Crippen molar-refractivity contribution in [3.05, 3.63) is 47.2 Å². The quantitative estimate of drug-likeness (QED) is 0.303. The van der Waals surface area contributed by atoms with Crippen molar-refractivity contribution in [2.45, 2.75) is 31.5 Å². The average Bonchev–Trinajstić information content (AvgIpc) is 3.43. The van der Waals surface area contributed by atoms with Gasteiger partial charge in [-0.2, -0.15) is 0 Å². The van der Waals surface area contributed by atoms with Crippen LogP contribution in [0.5, 0.6) is 23.0 Å². The van der Waals surface area contributed by atoms with Gasteiger partial charge in [0, 0.05) is 42.8 Å². The van der Waals surface area contributed by atoms with Crippen LogP contribution in [0.25, 0.3) is 10.9 Å². The molecule has 6 rings (SSSR count). The first kappa shape index (κ1) is 29.8. The van der Waals surface area contributed by atoms with E-state index in [1.54, 1.807) is 26.4 Å². The van der Waals surface area contributed by atoms with Crippen molar-refractivity contribution < 1.29 is 47.3 Å². The lowest BCUT2D eigenvalue weighted by Crippen LogP contribution is -2.57. The molecule has 1 saturated carbocycles. The summed E-state index contributed by atoms with van der Waals surface area (Å²) in [5.74, 6) is 0.326. The van der Waals surface area contributed by atoms with Crippen molar-refractivity contribution in [3.63, 3.8) is 0 Å². The van der Waals surface area contributed by atoms with Gasteiger partial charge in [-0.1, -0.05) is 0 Å². The van der Waals surface area contributed by atoms with Gasteiger partial charge in [0.2, 0.25) is 5.75 Å². The Hall–Kier alpha value is -4.25. The molecule has 3 heterocycles. The number of fused-ring (bicyclic) bond motifs is 5. The van der Waals surface area contributed by atoms with Crippen molar-refractivity contribution in [3.8, 4) is 23.0 Å². The van der Waals surface area contributed by atoms with Gasteiger partial charge >= 0.3 is 11.9 Å². The molecule has 11 nitrogen and oxygen atoms in total. The van der Waals surface area contributed by atoms with Gasteiger partial charge in [-0.3, -0.25) is 4.79 Å². The second-order valence-electron chi connectivity index (χ2n) is 11.5. The Bertz CT molecular complexity index is 1600. The molecule has 0 spiro atoms. The third-order valence-corrected chi connectivity index (χ3v) is 9.53. The zero-order chi connectivity index (χ0) is 31.1. The number of rotatable bonds is 8. The van der Waals surface area contributed by atoms with E-state index in [1.165, 1.54) is 45.1 Å². The monoisotopic (exact) mass is 607 g/mol. The van der Waals surface area contributed by atoms with E-state index in [0.29, 0.717) is 30.1 Å². The fourth-order valence-electron chi connectivity index (χ4n) is 7.49. The van der Waals surface area contributed by atoms with Crippen molar-refractivity contribution in [2.24, 2.45) is 17.8 Å². The molecule has 3 aliphatic rings. The van der Waals surface area contributed by atoms with Gasteiger partial charge in [0.15, 0.2) is 17.2 Å². The lowest BCUT2D eigenvalue weighted by molar-refractivity contribution is -0.545. The number of hydrogen-bond acceptors (Lipinski definition) is 9. The molecule has 44 heavy (non-hydrogen) atoms. The standard InChI is InChI=1S/C33H38N2O9/c1-38-19-7-8-20-21-9-10-35-16-18-13-27(44-32(36)17-11-25(39-2)30(41-4)26(12-17)40-3)31(42-5)28(33(37)43-6)22(18)15-24(35)29(21)34-23(20)14-19/h7-8,11-12,14,18,22,27-28,31H,9-10,13,15-16H2,1-6H3/p+1. The summed E-state index contributed by atoms with van der Waals surface area (Å²) in [5, 5.41) is 1.19. The van der Waals surface area contributed by atoms with Gasteiger partial charge in [0.05, 0.1) is 47.0 Å². The maximum Gasteiger partial charge on any atom is 0.338 e. The molecule has 0 bridgehead atoms. The fraction of sp³-hybridized carbons (Fsp3) is 0.485. The van der Waals surface area contributed by atoms with E-state index < -0.39 is 24.1 Å². The predicted octanol–water partition coefficient (Wildman–Crippen LogP) is 3.63. The maximum atomic E-state index is 13.5. The van der Waals surface area contributed by atoms with E-state index in [4.69, 9.17) is 33.2 Å². The van der Waals surface area contributed by atoms with Gasteiger partial charge in [-0.15, -0.1) is 0 Å². The van der Waals surface area contributed by atoms with E-state index >= 15 is 0 Å². The second kappa shape index (κ2) is 12.0. The minimum Gasteiger partial charge on any atom is -0.497 e. The Balaban J connectivity index is 1.32. The summed E-state index contributed by atoms with van der Waals surface area (Å²) in [6, 6.07) is 9.23. The number of hydrogen-bond donors (Lipinski definition) is 1. The molecule has 1 N–H and O–H groups in total. The topological polar surface area (TPSA) is 118 Å². The van der Waals surface area contributed by atoms with E-state index in [-0.39, 0.29) is 23.4 Å². The number of nitrogens with zero attached hydrogens (tertiary/aromatic N) is 1. The molecule has 0 saturated heterocycles. The first-order valence-electron chi connectivity index (χ1n) is 14.8. The SMILES string of the molecule is COC(=O)C1C2CC3=[N+](CCc4c3[nH]c3cc(OC)ccc43)CC2CC(OC(=O)c2cc(OC)c(OC)c(OC)c2)C1OC. The van der Waals surface area contributed by atoms with Crippen LogP contribution in [-0.2, 0) is 25.4 Å². The molecule has 5 unspecified atom stereocenters.